The quantitative estimate of drug-likeness (QED) is 0.768. The maximum atomic E-state index is 6.12. The summed E-state index contributed by atoms with van der Waals surface area (Å²) in [5.74, 6) is 0. The van der Waals surface area contributed by atoms with Crippen LogP contribution in [-0.2, 0) is 6.42 Å². The molecular formula is C13H25N3S. The van der Waals surface area contributed by atoms with Crippen LogP contribution in [0, 0.1) is 5.41 Å². The van der Waals surface area contributed by atoms with E-state index in [4.69, 9.17) is 11.5 Å². The van der Waals surface area contributed by atoms with E-state index < -0.39 is 0 Å². The molecular weight excluding hydrogens is 230 g/mol. The molecule has 0 aliphatic carbocycles. The molecule has 3 nitrogen and oxygen atoms in total. The molecule has 0 aliphatic heterocycles. The Bertz CT molecular complexity index is 328. The molecule has 0 radical (unpaired) electrons. The van der Waals surface area contributed by atoms with Gasteiger partial charge in [-0.3, -0.25) is 0 Å². The number of aromatic nitrogens is 1. The summed E-state index contributed by atoms with van der Waals surface area (Å²) in [5.41, 5.74) is 13.1. The topological polar surface area (TPSA) is 64.9 Å². The van der Waals surface area contributed by atoms with Gasteiger partial charge >= 0.3 is 0 Å². The first-order valence-corrected chi connectivity index (χ1v) is 7.20. The van der Waals surface area contributed by atoms with Gasteiger partial charge in [0.1, 0.15) is 5.01 Å². The molecule has 1 aromatic heterocycles. The number of rotatable bonds is 6. The highest BCUT2D eigenvalue weighted by Gasteiger charge is 2.16. The molecule has 0 fully saturated rings. The zero-order valence-electron chi connectivity index (χ0n) is 11.2. The van der Waals surface area contributed by atoms with E-state index in [0.717, 1.165) is 37.2 Å². The van der Waals surface area contributed by atoms with Crippen LogP contribution in [0.2, 0.25) is 0 Å². The van der Waals surface area contributed by atoms with E-state index in [1.54, 1.807) is 11.3 Å². The lowest BCUT2D eigenvalue weighted by Gasteiger charge is -2.15. The third-order valence-electron chi connectivity index (χ3n) is 2.57. The molecule has 1 atom stereocenters. The number of hydrogen-bond acceptors (Lipinski definition) is 4. The van der Waals surface area contributed by atoms with E-state index >= 15 is 0 Å². The minimum atomic E-state index is 0.0836. The summed E-state index contributed by atoms with van der Waals surface area (Å²) in [7, 11) is 0. The van der Waals surface area contributed by atoms with E-state index in [9.17, 15) is 0 Å². The molecule has 0 aromatic carbocycles. The van der Waals surface area contributed by atoms with E-state index in [1.807, 2.05) is 0 Å². The summed E-state index contributed by atoms with van der Waals surface area (Å²) in [5, 5.41) is 3.21. The van der Waals surface area contributed by atoms with Crippen molar-refractivity contribution in [3.05, 3.63) is 16.1 Å². The van der Waals surface area contributed by atoms with Crippen LogP contribution in [0.1, 0.15) is 56.8 Å². The fraction of sp³-hybridized carbons (Fsp3) is 0.769. The van der Waals surface area contributed by atoms with Crippen molar-refractivity contribution in [3.63, 3.8) is 0 Å². The third-order valence-corrected chi connectivity index (χ3v) is 3.59. The van der Waals surface area contributed by atoms with E-state index in [2.05, 4.69) is 31.1 Å². The largest absolute Gasteiger partial charge is 0.330 e. The summed E-state index contributed by atoms with van der Waals surface area (Å²) in [6.45, 7) is 7.44. The lowest BCUT2D eigenvalue weighted by atomic mass is 9.91. The van der Waals surface area contributed by atoms with Crippen molar-refractivity contribution in [2.75, 3.05) is 6.54 Å². The molecule has 0 unspecified atom stereocenters. The maximum absolute atomic E-state index is 6.12. The van der Waals surface area contributed by atoms with Crippen molar-refractivity contribution in [3.8, 4) is 0 Å². The van der Waals surface area contributed by atoms with Gasteiger partial charge in [-0.2, -0.15) is 0 Å². The van der Waals surface area contributed by atoms with Crippen molar-refractivity contribution in [1.82, 2.24) is 4.98 Å². The van der Waals surface area contributed by atoms with Crippen LogP contribution in [0.25, 0.3) is 0 Å². The molecule has 0 amide bonds. The molecule has 0 spiro atoms. The Hall–Kier alpha value is -0.450. The molecule has 1 rings (SSSR count). The van der Waals surface area contributed by atoms with Crippen LogP contribution < -0.4 is 11.5 Å². The Labute approximate surface area is 109 Å². The van der Waals surface area contributed by atoms with Gasteiger partial charge in [0, 0.05) is 5.38 Å². The van der Waals surface area contributed by atoms with E-state index in [-0.39, 0.29) is 11.5 Å². The summed E-state index contributed by atoms with van der Waals surface area (Å²) in [4.78, 5) is 4.64. The van der Waals surface area contributed by atoms with Gasteiger partial charge in [0.2, 0.25) is 0 Å². The highest BCUT2D eigenvalue weighted by molar-refractivity contribution is 7.09. The van der Waals surface area contributed by atoms with E-state index in [1.165, 1.54) is 5.69 Å². The zero-order chi connectivity index (χ0) is 12.9. The summed E-state index contributed by atoms with van der Waals surface area (Å²) < 4.78 is 0. The van der Waals surface area contributed by atoms with Gasteiger partial charge in [-0.1, -0.05) is 27.2 Å². The first-order valence-electron chi connectivity index (χ1n) is 6.32. The summed E-state index contributed by atoms with van der Waals surface area (Å²) >= 11 is 1.69. The summed E-state index contributed by atoms with van der Waals surface area (Å²) in [6, 6.07) is 0.0836. The van der Waals surface area contributed by atoms with Gasteiger partial charge < -0.3 is 11.5 Å². The van der Waals surface area contributed by atoms with Gasteiger partial charge in [-0.25, -0.2) is 4.98 Å². The van der Waals surface area contributed by atoms with Gasteiger partial charge in [-0.05, 0) is 31.2 Å². The lowest BCUT2D eigenvalue weighted by molar-refractivity contribution is 0.406. The first-order chi connectivity index (χ1) is 7.92. The number of nitrogens with two attached hydrogens (primary N) is 2. The Kier molecular flexibility index (Phi) is 5.56. The maximum Gasteiger partial charge on any atom is 0.110 e. The Balaban J connectivity index is 2.49. The summed E-state index contributed by atoms with van der Waals surface area (Å²) in [6.07, 6.45) is 4.14. The minimum Gasteiger partial charge on any atom is -0.330 e. The van der Waals surface area contributed by atoms with Crippen LogP contribution in [0.15, 0.2) is 5.38 Å². The number of hydrogen-bond donors (Lipinski definition) is 2. The van der Waals surface area contributed by atoms with Crippen molar-refractivity contribution in [2.24, 2.45) is 16.9 Å². The minimum absolute atomic E-state index is 0.0836. The molecule has 4 N–H and O–H groups in total. The average molecular weight is 255 g/mol. The molecule has 0 aliphatic rings. The van der Waals surface area contributed by atoms with Crippen LogP contribution in [-0.4, -0.2) is 11.5 Å². The van der Waals surface area contributed by atoms with Gasteiger partial charge in [0.25, 0.3) is 0 Å². The molecule has 1 aromatic rings. The zero-order valence-corrected chi connectivity index (χ0v) is 12.0. The Morgan fingerprint density at radius 1 is 1.35 bits per heavy atom. The lowest BCUT2D eigenvalue weighted by Crippen LogP contribution is -2.12. The van der Waals surface area contributed by atoms with Crippen molar-refractivity contribution < 1.29 is 0 Å². The monoisotopic (exact) mass is 255 g/mol. The molecule has 4 heteroatoms. The standard InChI is InChI=1S/C13H25N3S/c1-13(2,3)8-10-9-17-12(16-10)11(15)6-4-5-7-14/h9,11H,4-8,14-15H2,1-3H3/t11-/m0/s1. The molecule has 0 saturated heterocycles. The predicted molar refractivity (Wildman–Crippen MR) is 75.1 cm³/mol. The van der Waals surface area contributed by atoms with Crippen LogP contribution >= 0.6 is 11.3 Å². The highest BCUT2D eigenvalue weighted by atomic mass is 32.1. The Morgan fingerprint density at radius 3 is 2.65 bits per heavy atom. The molecule has 0 bridgehead atoms. The molecule has 17 heavy (non-hydrogen) atoms. The van der Waals surface area contributed by atoms with Gasteiger partial charge in [0.15, 0.2) is 0 Å². The van der Waals surface area contributed by atoms with Crippen LogP contribution in [0.3, 0.4) is 0 Å². The second-order valence-electron chi connectivity index (χ2n) is 5.81. The van der Waals surface area contributed by atoms with Gasteiger partial charge in [0.05, 0.1) is 11.7 Å². The second kappa shape index (κ2) is 6.47. The number of unbranched alkanes of at least 4 members (excludes halogenated alkanes) is 1. The molecule has 1 heterocycles. The van der Waals surface area contributed by atoms with Crippen molar-refractivity contribution in [1.29, 1.82) is 0 Å². The normalized spacial score (nSPS) is 13.9. The van der Waals surface area contributed by atoms with Crippen molar-refractivity contribution >= 4 is 11.3 Å². The number of thiazole rings is 1. The fourth-order valence-electron chi connectivity index (χ4n) is 1.75. The first kappa shape index (κ1) is 14.6. The average Bonchev–Trinajstić information content (AvgIpc) is 2.64. The fourth-order valence-corrected chi connectivity index (χ4v) is 2.60. The molecule has 98 valence electrons. The van der Waals surface area contributed by atoms with E-state index in [0.29, 0.717) is 0 Å². The SMILES string of the molecule is CC(C)(C)Cc1csc([C@@H](N)CCCCN)n1. The van der Waals surface area contributed by atoms with Gasteiger partial charge in [-0.15, -0.1) is 11.3 Å². The highest BCUT2D eigenvalue weighted by Crippen LogP contribution is 2.25. The van der Waals surface area contributed by atoms with Crippen LogP contribution in [0.5, 0.6) is 0 Å². The third kappa shape index (κ3) is 5.61. The second-order valence-corrected chi connectivity index (χ2v) is 6.70. The smallest absolute Gasteiger partial charge is 0.110 e. The Morgan fingerprint density at radius 2 is 2.06 bits per heavy atom. The van der Waals surface area contributed by atoms with Crippen LogP contribution in [0.4, 0.5) is 0 Å². The predicted octanol–water partition coefficient (Wildman–Crippen LogP) is 2.86. The van der Waals surface area contributed by atoms with Crippen molar-refractivity contribution in [2.45, 2.75) is 52.5 Å². The number of nitrogens with zero attached hydrogens (tertiary/aromatic N) is 1. The molecule has 0 saturated carbocycles.